The number of rotatable bonds is 7. The summed E-state index contributed by atoms with van der Waals surface area (Å²) in [4.78, 5) is 8.45. The number of anilines is 3. The molecule has 2 fully saturated rings. The summed E-state index contributed by atoms with van der Waals surface area (Å²) in [5.41, 5.74) is 6.67. The lowest BCUT2D eigenvalue weighted by Crippen LogP contribution is -2.33. The van der Waals surface area contributed by atoms with Crippen LogP contribution >= 0.6 is 11.6 Å². The maximum absolute atomic E-state index is 6.16. The minimum Gasteiger partial charge on any atom is -0.488 e. The molecule has 2 heterocycles. The predicted octanol–water partition coefficient (Wildman–Crippen LogP) is 3.49. The molecule has 0 saturated heterocycles. The molecule has 0 aromatic carbocycles. The molecule has 146 valence electrons. The van der Waals surface area contributed by atoms with E-state index in [0.717, 1.165) is 30.1 Å². The molecule has 0 unspecified atom stereocenters. The fourth-order valence-electron chi connectivity index (χ4n) is 3.42. The number of halogens is 1. The first-order valence-corrected chi connectivity index (χ1v) is 9.72. The number of nitrogens with one attached hydrogen (secondary N) is 1. The van der Waals surface area contributed by atoms with Crippen molar-refractivity contribution < 1.29 is 9.47 Å². The van der Waals surface area contributed by atoms with Gasteiger partial charge < -0.3 is 20.5 Å². The van der Waals surface area contributed by atoms with Gasteiger partial charge in [-0.3, -0.25) is 0 Å². The molecule has 2 aliphatic carbocycles. The number of nitrogens with zero attached hydrogens (tertiary/aromatic N) is 4. The Hall–Kier alpha value is -2.06. The first-order chi connectivity index (χ1) is 13.0. The average molecular weight is 393 g/mol. The second-order valence-corrected chi connectivity index (χ2v) is 7.76. The molecule has 2 aromatic heterocycles. The zero-order chi connectivity index (χ0) is 19.0. The van der Waals surface area contributed by atoms with Gasteiger partial charge in [0.25, 0.3) is 0 Å². The molecule has 0 radical (unpaired) electrons. The molecule has 8 nitrogen and oxygen atoms in total. The summed E-state index contributed by atoms with van der Waals surface area (Å²) >= 11 is 5.94. The van der Waals surface area contributed by atoms with Gasteiger partial charge in [0.05, 0.1) is 24.9 Å². The number of aryl methyl sites for hydroxylation is 1. The fraction of sp³-hybridized carbons (Fsp3) is 0.611. The van der Waals surface area contributed by atoms with Gasteiger partial charge >= 0.3 is 0 Å². The van der Waals surface area contributed by atoms with Gasteiger partial charge in [-0.1, -0.05) is 18.0 Å². The molecule has 0 bridgehead atoms. The normalized spacial score (nSPS) is 22.2. The summed E-state index contributed by atoms with van der Waals surface area (Å²) in [7, 11) is 1.74. The minimum atomic E-state index is 0.233. The van der Waals surface area contributed by atoms with Crippen LogP contribution in [0.5, 0.6) is 5.75 Å². The fourth-order valence-corrected chi connectivity index (χ4v) is 3.51. The summed E-state index contributed by atoms with van der Waals surface area (Å²) < 4.78 is 13.5. The van der Waals surface area contributed by atoms with Crippen molar-refractivity contribution in [1.29, 1.82) is 0 Å². The zero-order valence-electron chi connectivity index (χ0n) is 15.6. The number of nitrogens with two attached hydrogens (primary N) is 1. The van der Waals surface area contributed by atoms with Crippen LogP contribution < -0.4 is 15.8 Å². The molecule has 4 rings (SSSR count). The standard InChI is InChI=1S/C18H25ClN6O2/c1-10-15(27-9-11-4-3-5-11)17(23-18-21-8-14(19)16(20)22-18)25(24-10)12-6-13(7-12)26-2/h8,11-13H,3-7,9H2,1-2H3,(H3,20,21,22,23). The van der Waals surface area contributed by atoms with Gasteiger partial charge in [0.2, 0.25) is 5.95 Å². The highest BCUT2D eigenvalue weighted by Gasteiger charge is 2.34. The Bertz CT molecular complexity index is 816. The number of hydrogen-bond acceptors (Lipinski definition) is 7. The van der Waals surface area contributed by atoms with Crippen molar-refractivity contribution >= 4 is 29.2 Å². The molecule has 3 N–H and O–H groups in total. The van der Waals surface area contributed by atoms with Crippen molar-refractivity contribution in [3.8, 4) is 5.75 Å². The number of methoxy groups -OCH3 is 1. The largest absolute Gasteiger partial charge is 0.488 e. The Morgan fingerprint density at radius 1 is 1.37 bits per heavy atom. The predicted molar refractivity (Wildman–Crippen MR) is 104 cm³/mol. The summed E-state index contributed by atoms with van der Waals surface area (Å²) in [5, 5.41) is 8.29. The highest BCUT2D eigenvalue weighted by molar-refractivity contribution is 6.32. The van der Waals surface area contributed by atoms with Crippen LogP contribution in [0.4, 0.5) is 17.6 Å². The van der Waals surface area contributed by atoms with Crippen LogP contribution in [0, 0.1) is 12.8 Å². The highest BCUT2D eigenvalue weighted by Crippen LogP contribution is 2.41. The number of ether oxygens (including phenoxy) is 2. The van der Waals surface area contributed by atoms with E-state index < -0.39 is 0 Å². The van der Waals surface area contributed by atoms with Crippen molar-refractivity contribution in [3.05, 3.63) is 16.9 Å². The topological polar surface area (TPSA) is 100 Å². The van der Waals surface area contributed by atoms with Crippen molar-refractivity contribution in [2.24, 2.45) is 5.92 Å². The van der Waals surface area contributed by atoms with E-state index in [1.165, 1.54) is 25.5 Å². The van der Waals surface area contributed by atoms with Gasteiger partial charge in [-0.05, 0) is 38.5 Å². The van der Waals surface area contributed by atoms with Gasteiger partial charge in [-0.25, -0.2) is 9.67 Å². The zero-order valence-corrected chi connectivity index (χ0v) is 16.4. The Morgan fingerprint density at radius 2 is 2.15 bits per heavy atom. The van der Waals surface area contributed by atoms with Crippen LogP contribution in [0.2, 0.25) is 5.02 Å². The average Bonchev–Trinajstić information content (AvgIpc) is 2.85. The smallest absolute Gasteiger partial charge is 0.230 e. The van der Waals surface area contributed by atoms with Crippen LogP contribution in [0.3, 0.4) is 0 Å². The molecule has 0 atom stereocenters. The lowest BCUT2D eigenvalue weighted by molar-refractivity contribution is 0.00305. The first kappa shape index (κ1) is 18.3. The molecule has 27 heavy (non-hydrogen) atoms. The maximum atomic E-state index is 6.16. The monoisotopic (exact) mass is 392 g/mol. The summed E-state index contributed by atoms with van der Waals surface area (Å²) in [5.74, 6) is 2.74. The SMILES string of the molecule is COC1CC(n2nc(C)c(OCC3CCC3)c2Nc2ncc(Cl)c(N)n2)C1. The van der Waals surface area contributed by atoms with E-state index in [0.29, 0.717) is 23.5 Å². The van der Waals surface area contributed by atoms with E-state index in [1.807, 2.05) is 11.6 Å². The van der Waals surface area contributed by atoms with E-state index in [-0.39, 0.29) is 18.0 Å². The Labute approximate surface area is 163 Å². The summed E-state index contributed by atoms with van der Waals surface area (Å²) in [6.45, 7) is 2.66. The maximum Gasteiger partial charge on any atom is 0.230 e. The third kappa shape index (κ3) is 3.68. The lowest BCUT2D eigenvalue weighted by Gasteiger charge is -2.35. The number of nitrogen functional groups attached to an aromatic ring is 1. The molecule has 2 saturated carbocycles. The second kappa shape index (κ2) is 7.52. The second-order valence-electron chi connectivity index (χ2n) is 7.35. The van der Waals surface area contributed by atoms with E-state index in [2.05, 4.69) is 15.3 Å². The quantitative estimate of drug-likeness (QED) is 0.743. The lowest BCUT2D eigenvalue weighted by atomic mass is 9.86. The third-order valence-electron chi connectivity index (χ3n) is 5.47. The summed E-state index contributed by atoms with van der Waals surface area (Å²) in [6.07, 6.45) is 7.33. The molecule has 2 aromatic rings. The van der Waals surface area contributed by atoms with E-state index in [1.54, 1.807) is 7.11 Å². The Morgan fingerprint density at radius 3 is 2.78 bits per heavy atom. The number of hydrogen-bond donors (Lipinski definition) is 2. The summed E-state index contributed by atoms with van der Waals surface area (Å²) in [6, 6.07) is 0.252. The number of aromatic nitrogens is 4. The molecule has 9 heteroatoms. The molecular weight excluding hydrogens is 368 g/mol. The Kier molecular flexibility index (Phi) is 5.10. The molecule has 0 aliphatic heterocycles. The van der Waals surface area contributed by atoms with Crippen molar-refractivity contribution in [2.45, 2.75) is 51.2 Å². The van der Waals surface area contributed by atoms with Gasteiger partial charge in [-0.2, -0.15) is 10.1 Å². The van der Waals surface area contributed by atoms with Crippen LogP contribution in [-0.2, 0) is 4.74 Å². The van der Waals surface area contributed by atoms with Gasteiger partial charge in [-0.15, -0.1) is 0 Å². The molecule has 2 aliphatic rings. The molecular formula is C18H25ClN6O2. The minimum absolute atomic E-state index is 0.233. The Balaban J connectivity index is 1.61. The highest BCUT2D eigenvalue weighted by atomic mass is 35.5. The van der Waals surface area contributed by atoms with Crippen molar-refractivity contribution in [3.63, 3.8) is 0 Å². The van der Waals surface area contributed by atoms with E-state index >= 15 is 0 Å². The van der Waals surface area contributed by atoms with Crippen LogP contribution in [-0.4, -0.2) is 39.6 Å². The molecule has 0 spiro atoms. The van der Waals surface area contributed by atoms with Crippen molar-refractivity contribution in [2.75, 3.05) is 24.8 Å². The van der Waals surface area contributed by atoms with Crippen molar-refractivity contribution in [1.82, 2.24) is 19.7 Å². The third-order valence-corrected chi connectivity index (χ3v) is 5.76. The van der Waals surface area contributed by atoms with Gasteiger partial charge in [0.1, 0.15) is 16.5 Å². The van der Waals surface area contributed by atoms with Crippen LogP contribution in [0.15, 0.2) is 6.20 Å². The first-order valence-electron chi connectivity index (χ1n) is 9.35. The van der Waals surface area contributed by atoms with Gasteiger partial charge in [0.15, 0.2) is 11.6 Å². The van der Waals surface area contributed by atoms with Gasteiger partial charge in [0, 0.05) is 7.11 Å². The van der Waals surface area contributed by atoms with Crippen LogP contribution in [0.25, 0.3) is 0 Å². The molecule has 0 amide bonds. The van der Waals surface area contributed by atoms with Crippen LogP contribution in [0.1, 0.15) is 43.8 Å². The van der Waals surface area contributed by atoms with E-state index in [9.17, 15) is 0 Å². The van der Waals surface area contributed by atoms with E-state index in [4.69, 9.17) is 31.9 Å².